The van der Waals surface area contributed by atoms with Crippen LogP contribution >= 0.6 is 0 Å². The van der Waals surface area contributed by atoms with Gasteiger partial charge in [0.25, 0.3) is 5.78 Å². The van der Waals surface area contributed by atoms with E-state index in [9.17, 15) is 9.59 Å². The fourth-order valence-electron chi connectivity index (χ4n) is 4.79. The molecule has 0 radical (unpaired) electrons. The molecule has 0 aliphatic carbocycles. The number of benzene rings is 4. The number of anilines is 1. The van der Waals surface area contributed by atoms with E-state index in [1.807, 2.05) is 60.7 Å². The maximum absolute atomic E-state index is 12.9. The van der Waals surface area contributed by atoms with Crippen LogP contribution in [0.3, 0.4) is 0 Å². The van der Waals surface area contributed by atoms with E-state index in [1.165, 1.54) is 11.8 Å². The maximum Gasteiger partial charge on any atom is 0.380 e. The lowest BCUT2D eigenvalue weighted by molar-refractivity contribution is -0.151. The van der Waals surface area contributed by atoms with Crippen molar-refractivity contribution in [1.82, 2.24) is 0 Å². The summed E-state index contributed by atoms with van der Waals surface area (Å²) in [5.74, 6) is -1.96. The van der Waals surface area contributed by atoms with Crippen LogP contribution in [0.5, 0.6) is 0 Å². The normalized spacial score (nSPS) is 16.5. The molecule has 1 atom stereocenters. The van der Waals surface area contributed by atoms with E-state index in [2.05, 4.69) is 47.4 Å². The number of ketones is 1. The summed E-state index contributed by atoms with van der Waals surface area (Å²) in [7, 11) is 0. The number of rotatable bonds is 4. The third-order valence-corrected chi connectivity index (χ3v) is 6.50. The van der Waals surface area contributed by atoms with Crippen LogP contribution in [0, 0.1) is 0 Å². The smallest absolute Gasteiger partial charge is 0.380 e. The molecule has 2 aliphatic heterocycles. The minimum Gasteiger partial charge on any atom is -0.427 e. The van der Waals surface area contributed by atoms with Gasteiger partial charge in [-0.25, -0.2) is 4.79 Å². The van der Waals surface area contributed by atoms with E-state index in [0.29, 0.717) is 12.2 Å². The van der Waals surface area contributed by atoms with Crippen molar-refractivity contribution in [3.05, 3.63) is 126 Å². The molecule has 0 aromatic heterocycles. The van der Waals surface area contributed by atoms with Crippen molar-refractivity contribution in [3.63, 3.8) is 0 Å². The minimum atomic E-state index is -0.807. The van der Waals surface area contributed by atoms with Crippen molar-refractivity contribution in [2.75, 3.05) is 4.90 Å². The topological polar surface area (TPSA) is 46.6 Å². The Hall–Kier alpha value is -4.44. The molecule has 0 spiro atoms. The number of esters is 1. The number of carbonyl (C=O) groups is 2. The highest BCUT2D eigenvalue weighted by Crippen LogP contribution is 2.47. The molecule has 1 unspecified atom stereocenters. The first-order valence-electron chi connectivity index (χ1n) is 11.3. The van der Waals surface area contributed by atoms with Crippen molar-refractivity contribution in [2.24, 2.45) is 0 Å². The summed E-state index contributed by atoms with van der Waals surface area (Å²) in [6.07, 6.45) is 1.44. The molecular formula is C30H21NO3. The van der Waals surface area contributed by atoms with Crippen molar-refractivity contribution >= 4 is 17.4 Å². The van der Waals surface area contributed by atoms with Crippen molar-refractivity contribution in [3.8, 4) is 22.3 Å². The summed E-state index contributed by atoms with van der Waals surface area (Å²) >= 11 is 0. The summed E-state index contributed by atoms with van der Waals surface area (Å²) in [5, 5.41) is 0. The zero-order chi connectivity index (χ0) is 23.1. The average molecular weight is 444 g/mol. The van der Waals surface area contributed by atoms with E-state index >= 15 is 0 Å². The molecule has 2 heterocycles. The number of carbonyl (C=O) groups excluding carboxylic acids is 2. The molecule has 4 aromatic carbocycles. The molecule has 0 bridgehead atoms. The number of allylic oxidation sites excluding steroid dienone is 1. The van der Waals surface area contributed by atoms with Crippen LogP contribution in [0.25, 0.3) is 22.3 Å². The molecule has 34 heavy (non-hydrogen) atoms. The van der Waals surface area contributed by atoms with Gasteiger partial charge in [-0.15, -0.1) is 0 Å². The quantitative estimate of drug-likeness (QED) is 0.283. The fourth-order valence-corrected chi connectivity index (χ4v) is 4.79. The van der Waals surface area contributed by atoms with E-state index in [1.54, 1.807) is 0 Å². The Labute approximate surface area is 197 Å². The molecule has 0 saturated heterocycles. The Kier molecular flexibility index (Phi) is 4.84. The predicted octanol–water partition coefficient (Wildman–Crippen LogP) is 6.09. The van der Waals surface area contributed by atoms with Gasteiger partial charge in [0.2, 0.25) is 0 Å². The third kappa shape index (κ3) is 3.41. The molecule has 164 valence electrons. The van der Waals surface area contributed by atoms with E-state index in [-0.39, 0.29) is 0 Å². The lowest BCUT2D eigenvalue weighted by Gasteiger charge is -2.24. The molecule has 4 nitrogen and oxygen atoms in total. The zero-order valence-corrected chi connectivity index (χ0v) is 18.3. The van der Waals surface area contributed by atoms with Gasteiger partial charge in [0, 0.05) is 12.2 Å². The van der Waals surface area contributed by atoms with E-state index in [4.69, 9.17) is 4.74 Å². The Bertz CT molecular complexity index is 1420. The standard InChI is InChI=1S/C30H21NO3/c32-29-28-25-17-24(23-13-11-22(12-14-23)21-9-5-2-6-10-21)15-16-26(25)31(27(28)19-34-30(29)33)18-20-7-3-1-4-8-20/h1-17,19,28H,18H2. The fraction of sp³-hybridized carbons (Fsp3) is 0.0667. The number of cyclic esters (lactones) is 1. The Morgan fingerprint density at radius 2 is 1.26 bits per heavy atom. The van der Waals surface area contributed by atoms with Gasteiger partial charge in [0.15, 0.2) is 0 Å². The van der Waals surface area contributed by atoms with Crippen molar-refractivity contribution < 1.29 is 14.3 Å². The lowest BCUT2D eigenvalue weighted by Crippen LogP contribution is -2.31. The van der Waals surface area contributed by atoms with E-state index in [0.717, 1.165) is 33.5 Å². The molecule has 4 aromatic rings. The van der Waals surface area contributed by atoms with Gasteiger partial charge in [-0.2, -0.15) is 0 Å². The number of fused-ring (bicyclic) bond motifs is 3. The minimum absolute atomic E-state index is 0.522. The Morgan fingerprint density at radius 1 is 0.676 bits per heavy atom. The largest absolute Gasteiger partial charge is 0.427 e. The Balaban J connectivity index is 1.39. The highest BCUT2D eigenvalue weighted by atomic mass is 16.5. The number of hydrogen-bond acceptors (Lipinski definition) is 4. The number of nitrogens with zero attached hydrogens (tertiary/aromatic N) is 1. The lowest BCUT2D eigenvalue weighted by atomic mass is 9.90. The predicted molar refractivity (Wildman–Crippen MR) is 132 cm³/mol. The summed E-state index contributed by atoms with van der Waals surface area (Å²) in [6, 6.07) is 34.8. The first-order chi connectivity index (χ1) is 16.7. The van der Waals surface area contributed by atoms with Crippen LogP contribution in [0.15, 0.2) is 115 Å². The van der Waals surface area contributed by atoms with E-state index < -0.39 is 17.7 Å². The number of Topliss-reactive ketones (excluding diaryl/α,β-unsaturated/α-hetero) is 1. The highest BCUT2D eigenvalue weighted by molar-refractivity contribution is 6.38. The zero-order valence-electron chi connectivity index (χ0n) is 18.3. The first-order valence-corrected chi connectivity index (χ1v) is 11.3. The van der Waals surface area contributed by atoms with Gasteiger partial charge < -0.3 is 9.64 Å². The maximum atomic E-state index is 12.9. The van der Waals surface area contributed by atoms with Gasteiger partial charge in [0.1, 0.15) is 6.26 Å². The summed E-state index contributed by atoms with van der Waals surface area (Å²) in [6.45, 7) is 0.589. The first kappa shape index (κ1) is 20.2. The van der Waals surface area contributed by atoms with Gasteiger partial charge in [0.05, 0.1) is 11.6 Å². The SMILES string of the molecule is O=C1OC=C2C(C1=O)c1cc(-c3ccc(-c4ccccc4)cc3)ccc1N2Cc1ccccc1. The van der Waals surface area contributed by atoms with Crippen molar-refractivity contribution in [1.29, 1.82) is 0 Å². The number of hydrogen-bond donors (Lipinski definition) is 0. The highest BCUT2D eigenvalue weighted by Gasteiger charge is 2.44. The van der Waals surface area contributed by atoms with Crippen LogP contribution in [0.2, 0.25) is 0 Å². The Morgan fingerprint density at radius 3 is 1.97 bits per heavy atom. The molecule has 6 rings (SSSR count). The van der Waals surface area contributed by atoms with Crippen molar-refractivity contribution in [2.45, 2.75) is 12.5 Å². The second kappa shape index (κ2) is 8.16. The van der Waals surface area contributed by atoms with Gasteiger partial charge in [-0.1, -0.05) is 91.0 Å². The molecule has 2 aliphatic rings. The molecule has 0 amide bonds. The second-order valence-corrected chi connectivity index (χ2v) is 8.53. The average Bonchev–Trinajstić information content (AvgIpc) is 3.20. The van der Waals surface area contributed by atoms with Gasteiger partial charge in [-0.05, 0) is 45.5 Å². The monoisotopic (exact) mass is 443 g/mol. The molecule has 0 N–H and O–H groups in total. The second-order valence-electron chi connectivity index (χ2n) is 8.53. The molecule has 0 saturated carbocycles. The summed E-state index contributed by atoms with van der Waals surface area (Å²) in [4.78, 5) is 27.0. The van der Waals surface area contributed by atoms with Crippen LogP contribution in [0.4, 0.5) is 5.69 Å². The summed E-state index contributed by atoms with van der Waals surface area (Å²) < 4.78 is 5.08. The van der Waals surface area contributed by atoms with Gasteiger partial charge >= 0.3 is 5.97 Å². The summed E-state index contributed by atoms with van der Waals surface area (Å²) in [5.41, 5.74) is 7.96. The van der Waals surface area contributed by atoms with Crippen LogP contribution in [-0.2, 0) is 20.9 Å². The van der Waals surface area contributed by atoms with Crippen LogP contribution in [-0.4, -0.2) is 11.8 Å². The van der Waals surface area contributed by atoms with Gasteiger partial charge in [-0.3, -0.25) is 4.79 Å². The molecule has 0 fully saturated rings. The third-order valence-electron chi connectivity index (χ3n) is 6.50. The van der Waals surface area contributed by atoms with Crippen LogP contribution < -0.4 is 4.90 Å². The molecular weight excluding hydrogens is 422 g/mol. The number of ether oxygens (including phenoxy) is 1. The van der Waals surface area contributed by atoms with Crippen LogP contribution in [0.1, 0.15) is 17.0 Å². The molecule has 4 heteroatoms.